The van der Waals surface area contributed by atoms with E-state index >= 15 is 0 Å². The normalized spacial score (nSPS) is 20.9. The Hall–Kier alpha value is -1.15. The standard InChI is InChI=1S/C12H16F3N3OS/c1-2-7(17-10(19)8-4-3-5-16-8)11-18-9(6-20-11)12(13,14)15/h6-8,16H,2-5H2,1H3,(H,17,19)/t7-,8-/m1/s1. The average Bonchev–Trinajstić information content (AvgIpc) is 3.04. The van der Waals surface area contributed by atoms with Crippen LogP contribution in [0.3, 0.4) is 0 Å². The number of rotatable bonds is 4. The third-order valence-corrected chi connectivity index (χ3v) is 4.17. The molecule has 0 bridgehead atoms. The van der Waals surface area contributed by atoms with Crippen molar-refractivity contribution in [3.05, 3.63) is 16.1 Å². The first-order valence-electron chi connectivity index (χ1n) is 6.48. The molecule has 4 nitrogen and oxygen atoms in total. The highest BCUT2D eigenvalue weighted by atomic mass is 32.1. The Morgan fingerprint density at radius 1 is 1.65 bits per heavy atom. The van der Waals surface area contributed by atoms with Gasteiger partial charge in [0.1, 0.15) is 5.01 Å². The van der Waals surface area contributed by atoms with Gasteiger partial charge in [0, 0.05) is 5.38 Å². The molecule has 1 aliphatic rings. The van der Waals surface area contributed by atoms with Crippen molar-refractivity contribution >= 4 is 17.2 Å². The minimum Gasteiger partial charge on any atom is -0.346 e. The predicted octanol–water partition coefficient (Wildman–Crippen LogP) is 2.48. The van der Waals surface area contributed by atoms with E-state index in [9.17, 15) is 18.0 Å². The van der Waals surface area contributed by atoms with Crippen molar-refractivity contribution in [2.75, 3.05) is 6.54 Å². The molecule has 0 aromatic carbocycles. The first kappa shape index (κ1) is 15.2. The van der Waals surface area contributed by atoms with E-state index in [0.717, 1.165) is 36.1 Å². The SMILES string of the molecule is CC[C@@H](NC(=O)[C@H]1CCCN1)c1nc(C(F)(F)F)cs1. The van der Waals surface area contributed by atoms with Crippen LogP contribution in [0.4, 0.5) is 13.2 Å². The van der Waals surface area contributed by atoms with Crippen LogP contribution in [0.1, 0.15) is 42.9 Å². The summed E-state index contributed by atoms with van der Waals surface area (Å²) < 4.78 is 37.6. The van der Waals surface area contributed by atoms with E-state index in [4.69, 9.17) is 0 Å². The molecule has 2 heterocycles. The third kappa shape index (κ3) is 3.49. The van der Waals surface area contributed by atoms with Crippen LogP contribution in [0.25, 0.3) is 0 Å². The Kier molecular flexibility index (Phi) is 4.64. The predicted molar refractivity (Wildman–Crippen MR) is 69.3 cm³/mol. The summed E-state index contributed by atoms with van der Waals surface area (Å²) in [6.07, 6.45) is -2.24. The fourth-order valence-electron chi connectivity index (χ4n) is 2.10. The van der Waals surface area contributed by atoms with Gasteiger partial charge in [-0.3, -0.25) is 4.79 Å². The number of alkyl halides is 3. The lowest BCUT2D eigenvalue weighted by molar-refractivity contribution is -0.140. The second kappa shape index (κ2) is 6.09. The summed E-state index contributed by atoms with van der Waals surface area (Å²) in [7, 11) is 0. The molecule has 0 saturated carbocycles. The number of carbonyl (C=O) groups is 1. The van der Waals surface area contributed by atoms with Crippen molar-refractivity contribution in [3.63, 3.8) is 0 Å². The van der Waals surface area contributed by atoms with Crippen molar-refractivity contribution in [1.29, 1.82) is 0 Å². The molecule has 20 heavy (non-hydrogen) atoms. The molecule has 1 aromatic rings. The highest BCUT2D eigenvalue weighted by Crippen LogP contribution is 2.32. The number of halogens is 3. The van der Waals surface area contributed by atoms with Gasteiger partial charge in [-0.15, -0.1) is 11.3 Å². The summed E-state index contributed by atoms with van der Waals surface area (Å²) in [6, 6.07) is -0.711. The summed E-state index contributed by atoms with van der Waals surface area (Å²) in [4.78, 5) is 15.6. The van der Waals surface area contributed by atoms with Crippen LogP contribution in [0.2, 0.25) is 0 Å². The quantitative estimate of drug-likeness (QED) is 0.898. The number of aromatic nitrogens is 1. The van der Waals surface area contributed by atoms with E-state index in [1.54, 1.807) is 0 Å². The highest BCUT2D eigenvalue weighted by Gasteiger charge is 2.34. The van der Waals surface area contributed by atoms with Crippen molar-refractivity contribution in [3.8, 4) is 0 Å². The highest BCUT2D eigenvalue weighted by molar-refractivity contribution is 7.09. The minimum absolute atomic E-state index is 0.168. The number of nitrogens with zero attached hydrogens (tertiary/aromatic N) is 1. The maximum atomic E-state index is 12.5. The summed E-state index contributed by atoms with van der Waals surface area (Å²) in [5.41, 5.74) is -0.899. The van der Waals surface area contributed by atoms with Crippen molar-refractivity contribution in [2.45, 2.75) is 44.4 Å². The number of amides is 1. The second-order valence-corrected chi connectivity index (χ2v) is 5.58. The number of nitrogens with one attached hydrogen (secondary N) is 2. The Morgan fingerprint density at radius 2 is 2.40 bits per heavy atom. The van der Waals surface area contributed by atoms with Gasteiger partial charge in [0.05, 0.1) is 12.1 Å². The van der Waals surface area contributed by atoms with Crippen LogP contribution in [0.5, 0.6) is 0 Å². The van der Waals surface area contributed by atoms with Gasteiger partial charge in [-0.05, 0) is 25.8 Å². The lowest BCUT2D eigenvalue weighted by Crippen LogP contribution is -2.41. The third-order valence-electron chi connectivity index (χ3n) is 3.21. The Morgan fingerprint density at radius 3 is 2.90 bits per heavy atom. The molecule has 0 aliphatic carbocycles. The Labute approximate surface area is 118 Å². The number of hydrogen-bond donors (Lipinski definition) is 2. The van der Waals surface area contributed by atoms with Crippen molar-refractivity contribution in [1.82, 2.24) is 15.6 Å². The van der Waals surface area contributed by atoms with Gasteiger partial charge in [0.25, 0.3) is 0 Å². The summed E-state index contributed by atoms with van der Waals surface area (Å²) in [6.45, 7) is 2.60. The molecule has 2 rings (SSSR count). The van der Waals surface area contributed by atoms with E-state index in [2.05, 4.69) is 15.6 Å². The van der Waals surface area contributed by atoms with Crippen molar-refractivity contribution < 1.29 is 18.0 Å². The second-order valence-electron chi connectivity index (χ2n) is 4.69. The molecular formula is C12H16F3N3OS. The average molecular weight is 307 g/mol. The molecule has 0 spiro atoms. The molecule has 1 fully saturated rings. The molecule has 8 heteroatoms. The van der Waals surface area contributed by atoms with E-state index < -0.39 is 17.9 Å². The van der Waals surface area contributed by atoms with E-state index in [0.29, 0.717) is 11.4 Å². The zero-order valence-electron chi connectivity index (χ0n) is 11.0. The first-order valence-corrected chi connectivity index (χ1v) is 7.36. The molecule has 0 radical (unpaired) electrons. The van der Waals surface area contributed by atoms with Crippen LogP contribution < -0.4 is 10.6 Å². The van der Waals surface area contributed by atoms with Gasteiger partial charge < -0.3 is 10.6 Å². The monoisotopic (exact) mass is 307 g/mol. The van der Waals surface area contributed by atoms with Crippen LogP contribution in [-0.2, 0) is 11.0 Å². The summed E-state index contributed by atoms with van der Waals surface area (Å²) >= 11 is 0.927. The van der Waals surface area contributed by atoms with Crippen molar-refractivity contribution in [2.24, 2.45) is 0 Å². The molecule has 1 aliphatic heterocycles. The van der Waals surface area contributed by atoms with Gasteiger partial charge in [-0.25, -0.2) is 4.98 Å². The molecular weight excluding hydrogens is 291 g/mol. The minimum atomic E-state index is -4.44. The van der Waals surface area contributed by atoms with Gasteiger partial charge in [0.2, 0.25) is 5.91 Å². The van der Waals surface area contributed by atoms with Crippen LogP contribution in [0, 0.1) is 0 Å². The lowest BCUT2D eigenvalue weighted by atomic mass is 10.2. The number of thiazole rings is 1. The topological polar surface area (TPSA) is 54.0 Å². The molecule has 0 unspecified atom stereocenters. The molecule has 2 atom stereocenters. The summed E-state index contributed by atoms with van der Waals surface area (Å²) in [5.74, 6) is -0.168. The maximum Gasteiger partial charge on any atom is 0.434 e. The lowest BCUT2D eigenvalue weighted by Gasteiger charge is -2.17. The fraction of sp³-hybridized carbons (Fsp3) is 0.667. The molecule has 2 N–H and O–H groups in total. The zero-order valence-corrected chi connectivity index (χ0v) is 11.8. The maximum absolute atomic E-state index is 12.5. The van der Waals surface area contributed by atoms with Gasteiger partial charge in [-0.1, -0.05) is 6.92 Å². The summed E-state index contributed by atoms with van der Waals surface area (Å²) in [5, 5.41) is 7.11. The number of carbonyl (C=O) groups excluding carboxylic acids is 1. The molecule has 112 valence electrons. The molecule has 1 amide bonds. The van der Waals surface area contributed by atoms with Crippen LogP contribution >= 0.6 is 11.3 Å². The van der Waals surface area contributed by atoms with Gasteiger partial charge in [0.15, 0.2) is 5.69 Å². The van der Waals surface area contributed by atoms with E-state index in [1.807, 2.05) is 6.92 Å². The van der Waals surface area contributed by atoms with Gasteiger partial charge >= 0.3 is 6.18 Å². The fourth-order valence-corrected chi connectivity index (χ4v) is 3.06. The van der Waals surface area contributed by atoms with Gasteiger partial charge in [-0.2, -0.15) is 13.2 Å². The van der Waals surface area contributed by atoms with E-state index in [-0.39, 0.29) is 11.9 Å². The smallest absolute Gasteiger partial charge is 0.346 e. The Bertz CT molecular complexity index is 469. The molecule has 1 saturated heterocycles. The van der Waals surface area contributed by atoms with Crippen LogP contribution in [0.15, 0.2) is 5.38 Å². The molecule has 1 aromatic heterocycles. The Balaban J connectivity index is 2.04. The number of hydrogen-bond acceptors (Lipinski definition) is 4. The van der Waals surface area contributed by atoms with Crippen LogP contribution in [-0.4, -0.2) is 23.5 Å². The zero-order chi connectivity index (χ0) is 14.8. The van der Waals surface area contributed by atoms with E-state index in [1.165, 1.54) is 0 Å². The largest absolute Gasteiger partial charge is 0.434 e. The first-order chi connectivity index (χ1) is 9.41.